The Kier molecular flexibility index (Phi) is 6.24. The second kappa shape index (κ2) is 9.02. The van der Waals surface area contributed by atoms with E-state index in [1.807, 2.05) is 0 Å². The normalized spacial score (nSPS) is 14.2. The molecule has 8 nitrogen and oxygen atoms in total. The minimum atomic E-state index is -4.20. The van der Waals surface area contributed by atoms with Gasteiger partial charge in [-0.3, -0.25) is 18.7 Å². The average molecular weight is 505 g/mol. The van der Waals surface area contributed by atoms with Crippen molar-refractivity contribution < 1.29 is 26.4 Å². The van der Waals surface area contributed by atoms with Crippen molar-refractivity contribution in [3.63, 3.8) is 0 Å². The number of carbonyl (C=O) groups excluding carboxylic acids is 1. The Morgan fingerprint density at radius 2 is 1.66 bits per heavy atom. The molecular formula is C23H18F3N3O5S. The van der Waals surface area contributed by atoms with Gasteiger partial charge in [0.05, 0.1) is 18.0 Å². The van der Waals surface area contributed by atoms with E-state index in [1.165, 1.54) is 37.3 Å². The Hall–Kier alpha value is -3.93. The van der Waals surface area contributed by atoms with Crippen LogP contribution in [0.25, 0.3) is 6.20 Å². The molecule has 1 amide bonds. The number of hydrogen-bond acceptors (Lipinski definition) is 5. The molecule has 0 fully saturated rings. The van der Waals surface area contributed by atoms with E-state index in [-0.39, 0.29) is 23.4 Å². The molecule has 1 N–H and O–H groups in total. The molecule has 0 unspecified atom stereocenters. The van der Waals surface area contributed by atoms with Crippen LogP contribution in [0, 0.1) is 24.4 Å². The summed E-state index contributed by atoms with van der Waals surface area (Å²) in [5, 5.41) is 2.42. The Labute approximate surface area is 196 Å². The molecule has 2 aromatic carbocycles. The molecule has 1 aromatic heterocycles. The third kappa shape index (κ3) is 4.69. The highest BCUT2D eigenvalue weighted by molar-refractivity contribution is 7.95. The van der Waals surface area contributed by atoms with E-state index >= 15 is 0 Å². The highest BCUT2D eigenvalue weighted by Crippen LogP contribution is 2.22. The first-order chi connectivity index (χ1) is 16.5. The van der Waals surface area contributed by atoms with E-state index in [0.717, 1.165) is 27.5 Å². The summed E-state index contributed by atoms with van der Waals surface area (Å²) in [5.74, 6) is -4.47. The lowest BCUT2D eigenvalue weighted by atomic mass is 10.2. The van der Waals surface area contributed by atoms with Crippen molar-refractivity contribution >= 4 is 21.9 Å². The molecule has 3 aromatic rings. The van der Waals surface area contributed by atoms with Gasteiger partial charge in [0.2, 0.25) is 0 Å². The predicted octanol–water partition coefficient (Wildman–Crippen LogP) is 1.83. The standard InChI is InChI=1S/C23H18F3N3O5S/c1-13-19-12-35(33,34)20(21(30)27-9-14-2-5-16(24)6-3-14)11-28(19)23(32)29(22(13)31)10-15-4-7-17(25)18(26)8-15/h2-8,11H,9-10,12H2,1H3,(H,27,30). The lowest BCUT2D eigenvalue weighted by molar-refractivity contribution is -0.116. The second-order valence-electron chi connectivity index (χ2n) is 7.93. The Morgan fingerprint density at radius 3 is 2.31 bits per heavy atom. The van der Waals surface area contributed by atoms with Crippen LogP contribution in [-0.4, -0.2) is 23.5 Å². The molecular weight excluding hydrogens is 487 g/mol. The maximum Gasteiger partial charge on any atom is 0.335 e. The van der Waals surface area contributed by atoms with E-state index in [4.69, 9.17) is 0 Å². The van der Waals surface area contributed by atoms with Crippen molar-refractivity contribution in [1.82, 2.24) is 14.5 Å². The van der Waals surface area contributed by atoms with Crippen molar-refractivity contribution in [2.45, 2.75) is 25.8 Å². The molecule has 1 aliphatic heterocycles. The van der Waals surface area contributed by atoms with E-state index in [1.54, 1.807) is 0 Å². The van der Waals surface area contributed by atoms with Crippen molar-refractivity contribution in [2.24, 2.45) is 0 Å². The molecule has 1 aliphatic rings. The molecule has 2 heterocycles. The van der Waals surface area contributed by atoms with E-state index in [2.05, 4.69) is 5.32 Å². The summed E-state index contributed by atoms with van der Waals surface area (Å²) >= 11 is 0. The summed E-state index contributed by atoms with van der Waals surface area (Å²) in [6, 6.07) is 8.10. The maximum absolute atomic E-state index is 13.6. The van der Waals surface area contributed by atoms with Crippen molar-refractivity contribution in [3.05, 3.63) is 108 Å². The maximum atomic E-state index is 13.6. The summed E-state index contributed by atoms with van der Waals surface area (Å²) in [6.07, 6.45) is 0.838. The van der Waals surface area contributed by atoms with Crippen LogP contribution in [-0.2, 0) is 33.5 Å². The molecule has 0 saturated carbocycles. The van der Waals surface area contributed by atoms with Crippen LogP contribution >= 0.6 is 0 Å². The first-order valence-corrected chi connectivity index (χ1v) is 11.9. The number of halogens is 3. The third-order valence-electron chi connectivity index (χ3n) is 5.55. The number of amides is 1. The van der Waals surface area contributed by atoms with Gasteiger partial charge < -0.3 is 5.32 Å². The monoisotopic (exact) mass is 505 g/mol. The number of aromatic nitrogens is 2. The number of nitrogens with one attached hydrogen (secondary N) is 1. The summed E-state index contributed by atoms with van der Waals surface area (Å²) < 4.78 is 67.1. The number of sulfone groups is 1. The predicted molar refractivity (Wildman–Crippen MR) is 120 cm³/mol. The fourth-order valence-corrected chi connectivity index (χ4v) is 5.13. The van der Waals surface area contributed by atoms with Crippen LogP contribution in [0.15, 0.2) is 57.0 Å². The van der Waals surface area contributed by atoms with E-state index < -0.39 is 61.6 Å². The number of carbonyl (C=O) groups is 1. The Balaban J connectivity index is 1.73. The molecule has 0 saturated heterocycles. The number of rotatable bonds is 5. The van der Waals surface area contributed by atoms with Gasteiger partial charge >= 0.3 is 5.69 Å². The molecule has 35 heavy (non-hydrogen) atoms. The highest BCUT2D eigenvalue weighted by atomic mass is 32.2. The quantitative estimate of drug-likeness (QED) is 0.570. The zero-order valence-electron chi connectivity index (χ0n) is 18.2. The molecule has 0 spiro atoms. The van der Waals surface area contributed by atoms with Gasteiger partial charge in [0.15, 0.2) is 21.5 Å². The van der Waals surface area contributed by atoms with Crippen molar-refractivity contribution in [3.8, 4) is 0 Å². The minimum Gasteiger partial charge on any atom is -0.347 e. The summed E-state index contributed by atoms with van der Waals surface area (Å²) in [4.78, 5) is 37.9. The lowest BCUT2D eigenvalue weighted by Crippen LogP contribution is -2.44. The molecule has 4 rings (SSSR count). The average Bonchev–Trinajstić information content (AvgIpc) is 2.81. The molecule has 0 aliphatic carbocycles. The SMILES string of the molecule is Cc1c2n(c(=O)n(Cc3ccc(F)c(F)c3)c1=O)C=C(C(=O)NCc1ccc(F)cc1)S(=O)(=O)C2. The van der Waals surface area contributed by atoms with Crippen molar-refractivity contribution in [1.29, 1.82) is 0 Å². The number of hydrogen-bond donors (Lipinski definition) is 1. The first-order valence-electron chi connectivity index (χ1n) is 10.2. The summed E-state index contributed by atoms with van der Waals surface area (Å²) in [5.41, 5.74) is -1.23. The van der Waals surface area contributed by atoms with Gasteiger partial charge in [-0.2, -0.15) is 0 Å². The second-order valence-corrected chi connectivity index (χ2v) is 9.88. The number of fused-ring (bicyclic) bond motifs is 1. The molecule has 0 atom stereocenters. The number of benzene rings is 2. The molecule has 12 heteroatoms. The zero-order chi connectivity index (χ0) is 25.5. The van der Waals surface area contributed by atoms with Crippen LogP contribution in [0.3, 0.4) is 0 Å². The molecule has 0 radical (unpaired) electrons. The van der Waals surface area contributed by atoms with Crippen LogP contribution in [0.2, 0.25) is 0 Å². The Morgan fingerprint density at radius 1 is 1.00 bits per heavy atom. The number of nitrogens with zero attached hydrogens (tertiary/aromatic N) is 2. The zero-order valence-corrected chi connectivity index (χ0v) is 19.0. The van der Waals surface area contributed by atoms with Crippen LogP contribution < -0.4 is 16.6 Å². The van der Waals surface area contributed by atoms with Crippen LogP contribution in [0.4, 0.5) is 13.2 Å². The minimum absolute atomic E-state index is 0.0437. The van der Waals surface area contributed by atoms with Crippen LogP contribution in [0.1, 0.15) is 22.4 Å². The van der Waals surface area contributed by atoms with Crippen LogP contribution in [0.5, 0.6) is 0 Å². The van der Waals surface area contributed by atoms with Crippen molar-refractivity contribution in [2.75, 3.05) is 0 Å². The van der Waals surface area contributed by atoms with Gasteiger partial charge in [-0.15, -0.1) is 0 Å². The van der Waals surface area contributed by atoms with Gasteiger partial charge in [-0.05, 0) is 42.3 Å². The van der Waals surface area contributed by atoms with E-state index in [9.17, 15) is 36.0 Å². The van der Waals surface area contributed by atoms with Gasteiger partial charge in [0, 0.05) is 18.3 Å². The third-order valence-corrected chi connectivity index (χ3v) is 7.16. The van der Waals surface area contributed by atoms with Gasteiger partial charge in [0.1, 0.15) is 10.7 Å². The smallest absolute Gasteiger partial charge is 0.335 e. The first kappa shape index (κ1) is 24.2. The van der Waals surface area contributed by atoms with Gasteiger partial charge in [-0.1, -0.05) is 18.2 Å². The Bertz CT molecular complexity index is 1610. The summed E-state index contributed by atoms with van der Waals surface area (Å²) in [6.45, 7) is 0.837. The highest BCUT2D eigenvalue weighted by Gasteiger charge is 2.33. The fraction of sp³-hybridized carbons (Fsp3) is 0.174. The molecule has 0 bridgehead atoms. The molecule has 182 valence electrons. The van der Waals surface area contributed by atoms with E-state index in [0.29, 0.717) is 5.56 Å². The largest absolute Gasteiger partial charge is 0.347 e. The summed E-state index contributed by atoms with van der Waals surface area (Å²) in [7, 11) is -4.20. The fourth-order valence-electron chi connectivity index (χ4n) is 3.64. The topological polar surface area (TPSA) is 107 Å². The lowest BCUT2D eigenvalue weighted by Gasteiger charge is -2.21. The van der Waals surface area contributed by atoms with Gasteiger partial charge in [-0.25, -0.2) is 26.4 Å². The van der Waals surface area contributed by atoms with Gasteiger partial charge in [0.25, 0.3) is 11.5 Å².